The minimum Gasteiger partial charge on any atom is -0.495 e. The molecule has 0 fully saturated rings. The Morgan fingerprint density at radius 1 is 1.50 bits per heavy atom. The van der Waals surface area contributed by atoms with E-state index in [0.717, 1.165) is 0 Å². The molecule has 1 amide bonds. The molecule has 0 saturated carbocycles. The van der Waals surface area contributed by atoms with Crippen LogP contribution in [0.25, 0.3) is 0 Å². The summed E-state index contributed by atoms with van der Waals surface area (Å²) in [6.07, 6.45) is 0. The molecule has 0 bridgehead atoms. The Morgan fingerprint density at radius 3 is 2.75 bits per heavy atom. The first-order valence-electron chi connectivity index (χ1n) is 4.99. The van der Waals surface area contributed by atoms with E-state index in [2.05, 4.69) is 0 Å². The molecule has 3 N–H and O–H groups in total. The summed E-state index contributed by atoms with van der Waals surface area (Å²) in [6.45, 7) is -0.0156. The number of hydrogen-bond acceptors (Lipinski definition) is 4. The highest BCUT2D eigenvalue weighted by Crippen LogP contribution is 2.27. The number of para-hydroxylation sites is 2. The predicted molar refractivity (Wildman–Crippen MR) is 61.5 cm³/mol. The number of methoxy groups -OCH3 is 1. The average Bonchev–Trinajstić information content (AvgIpc) is 2.35. The number of hydrogen-bond donors (Lipinski definition) is 2. The zero-order chi connectivity index (χ0) is 12.0. The molecule has 0 unspecified atom stereocenters. The third-order valence-electron chi connectivity index (χ3n) is 2.18. The number of rotatable bonds is 5. The van der Waals surface area contributed by atoms with E-state index in [-0.39, 0.29) is 25.6 Å². The van der Waals surface area contributed by atoms with Gasteiger partial charge in [0.1, 0.15) is 5.75 Å². The number of aliphatic hydroxyl groups is 1. The molecule has 0 radical (unpaired) electrons. The SMILES string of the molecule is COc1ccccc1N(CCO)C(=O)CN. The fourth-order valence-corrected chi connectivity index (χ4v) is 1.44. The Kier molecular flexibility index (Phi) is 4.75. The van der Waals surface area contributed by atoms with E-state index in [9.17, 15) is 4.79 Å². The topological polar surface area (TPSA) is 75.8 Å². The lowest BCUT2D eigenvalue weighted by Crippen LogP contribution is -2.38. The molecule has 5 nitrogen and oxygen atoms in total. The van der Waals surface area contributed by atoms with Crippen molar-refractivity contribution in [3.8, 4) is 5.75 Å². The first kappa shape index (κ1) is 12.5. The normalized spacial score (nSPS) is 9.94. The van der Waals surface area contributed by atoms with Crippen LogP contribution in [0.4, 0.5) is 5.69 Å². The molecule has 5 heteroatoms. The van der Waals surface area contributed by atoms with E-state index in [1.54, 1.807) is 18.2 Å². The molecule has 0 saturated heterocycles. The van der Waals surface area contributed by atoms with Gasteiger partial charge < -0.3 is 20.5 Å². The Bertz CT molecular complexity index is 355. The van der Waals surface area contributed by atoms with E-state index in [4.69, 9.17) is 15.6 Å². The summed E-state index contributed by atoms with van der Waals surface area (Å²) in [6, 6.07) is 7.12. The van der Waals surface area contributed by atoms with Crippen LogP contribution in [0.2, 0.25) is 0 Å². The highest BCUT2D eigenvalue weighted by Gasteiger charge is 2.16. The van der Waals surface area contributed by atoms with Gasteiger partial charge in [-0.2, -0.15) is 0 Å². The third-order valence-corrected chi connectivity index (χ3v) is 2.18. The van der Waals surface area contributed by atoms with Crippen LogP contribution in [-0.4, -0.2) is 37.8 Å². The highest BCUT2D eigenvalue weighted by molar-refractivity contribution is 5.96. The smallest absolute Gasteiger partial charge is 0.240 e. The van der Waals surface area contributed by atoms with Gasteiger partial charge in [0.05, 0.1) is 25.9 Å². The van der Waals surface area contributed by atoms with E-state index in [0.29, 0.717) is 11.4 Å². The fourth-order valence-electron chi connectivity index (χ4n) is 1.44. The van der Waals surface area contributed by atoms with Crippen molar-refractivity contribution < 1.29 is 14.6 Å². The Labute approximate surface area is 94.4 Å². The summed E-state index contributed by atoms with van der Waals surface area (Å²) in [5.41, 5.74) is 5.94. The molecule has 0 aromatic heterocycles. The van der Waals surface area contributed by atoms with Crippen molar-refractivity contribution in [2.45, 2.75) is 0 Å². The van der Waals surface area contributed by atoms with Crippen LogP contribution in [0.5, 0.6) is 5.75 Å². The summed E-state index contributed by atoms with van der Waals surface area (Å²) in [5, 5.41) is 8.93. The van der Waals surface area contributed by atoms with E-state index in [1.807, 2.05) is 6.07 Å². The van der Waals surface area contributed by atoms with Crippen LogP contribution in [-0.2, 0) is 4.79 Å². The molecule has 1 aromatic rings. The Morgan fingerprint density at radius 2 is 2.19 bits per heavy atom. The highest BCUT2D eigenvalue weighted by atomic mass is 16.5. The van der Waals surface area contributed by atoms with Gasteiger partial charge in [-0.1, -0.05) is 12.1 Å². The molecular weight excluding hydrogens is 208 g/mol. The molecule has 1 rings (SSSR count). The Hall–Kier alpha value is -1.59. The maximum atomic E-state index is 11.6. The molecular formula is C11H16N2O3. The summed E-state index contributed by atoms with van der Waals surface area (Å²) < 4.78 is 5.15. The number of nitrogens with two attached hydrogens (primary N) is 1. The first-order valence-corrected chi connectivity index (χ1v) is 4.99. The Balaban J connectivity index is 3.04. The van der Waals surface area contributed by atoms with Crippen molar-refractivity contribution in [2.24, 2.45) is 5.73 Å². The number of aliphatic hydroxyl groups excluding tert-OH is 1. The predicted octanol–water partition coefficient (Wildman–Crippen LogP) is -0.0208. The number of amides is 1. The van der Waals surface area contributed by atoms with Crippen LogP contribution in [0, 0.1) is 0 Å². The molecule has 16 heavy (non-hydrogen) atoms. The largest absolute Gasteiger partial charge is 0.495 e. The molecule has 0 aliphatic rings. The second-order valence-corrected chi connectivity index (χ2v) is 3.14. The van der Waals surface area contributed by atoms with Gasteiger partial charge in [-0.15, -0.1) is 0 Å². The number of carbonyl (C=O) groups is 1. The maximum absolute atomic E-state index is 11.6. The number of benzene rings is 1. The van der Waals surface area contributed by atoms with Crippen LogP contribution in [0.15, 0.2) is 24.3 Å². The fraction of sp³-hybridized carbons (Fsp3) is 0.364. The second-order valence-electron chi connectivity index (χ2n) is 3.14. The second kappa shape index (κ2) is 6.09. The van der Waals surface area contributed by atoms with Crippen molar-refractivity contribution in [3.05, 3.63) is 24.3 Å². The van der Waals surface area contributed by atoms with Crippen molar-refractivity contribution >= 4 is 11.6 Å². The summed E-state index contributed by atoms with van der Waals surface area (Å²) in [4.78, 5) is 13.0. The lowest BCUT2D eigenvalue weighted by atomic mass is 10.2. The number of ether oxygens (including phenoxy) is 1. The molecule has 0 aliphatic carbocycles. The molecule has 0 heterocycles. The van der Waals surface area contributed by atoms with Crippen LogP contribution in [0.3, 0.4) is 0 Å². The van der Waals surface area contributed by atoms with Gasteiger partial charge in [0.25, 0.3) is 0 Å². The molecule has 0 aliphatic heterocycles. The molecule has 88 valence electrons. The summed E-state index contributed by atoms with van der Waals surface area (Å²) >= 11 is 0. The van der Waals surface area contributed by atoms with Crippen molar-refractivity contribution in [1.29, 1.82) is 0 Å². The molecule has 1 aromatic carbocycles. The third kappa shape index (κ3) is 2.71. The van der Waals surface area contributed by atoms with E-state index in [1.165, 1.54) is 12.0 Å². The average molecular weight is 224 g/mol. The van der Waals surface area contributed by atoms with Crippen LogP contribution >= 0.6 is 0 Å². The van der Waals surface area contributed by atoms with Crippen molar-refractivity contribution in [2.75, 3.05) is 31.7 Å². The van der Waals surface area contributed by atoms with Crippen molar-refractivity contribution in [1.82, 2.24) is 0 Å². The van der Waals surface area contributed by atoms with Gasteiger partial charge in [-0.05, 0) is 12.1 Å². The number of carbonyl (C=O) groups excluding carboxylic acids is 1. The maximum Gasteiger partial charge on any atom is 0.240 e. The summed E-state index contributed by atoms with van der Waals surface area (Å²) in [5.74, 6) is 0.330. The van der Waals surface area contributed by atoms with Gasteiger partial charge in [0, 0.05) is 6.54 Å². The van der Waals surface area contributed by atoms with E-state index < -0.39 is 0 Å². The van der Waals surface area contributed by atoms with Gasteiger partial charge in [-0.25, -0.2) is 0 Å². The van der Waals surface area contributed by atoms with Crippen molar-refractivity contribution in [3.63, 3.8) is 0 Å². The monoisotopic (exact) mass is 224 g/mol. The quantitative estimate of drug-likeness (QED) is 0.737. The van der Waals surface area contributed by atoms with Crippen LogP contribution < -0.4 is 15.4 Å². The van der Waals surface area contributed by atoms with Gasteiger partial charge in [0.2, 0.25) is 5.91 Å². The summed E-state index contributed by atoms with van der Waals surface area (Å²) in [7, 11) is 1.53. The first-order chi connectivity index (χ1) is 7.74. The zero-order valence-corrected chi connectivity index (χ0v) is 9.22. The number of anilines is 1. The number of nitrogens with zero attached hydrogens (tertiary/aromatic N) is 1. The van der Waals surface area contributed by atoms with Gasteiger partial charge in [0.15, 0.2) is 0 Å². The van der Waals surface area contributed by atoms with Gasteiger partial charge >= 0.3 is 0 Å². The molecule has 0 spiro atoms. The lowest BCUT2D eigenvalue weighted by molar-refractivity contribution is -0.117. The van der Waals surface area contributed by atoms with Crippen LogP contribution in [0.1, 0.15) is 0 Å². The minimum absolute atomic E-state index is 0.0992. The lowest BCUT2D eigenvalue weighted by Gasteiger charge is -2.23. The standard InChI is InChI=1S/C11H16N2O3/c1-16-10-5-3-2-4-9(10)13(6-7-14)11(15)8-12/h2-5,14H,6-8,12H2,1H3. The zero-order valence-electron chi connectivity index (χ0n) is 9.22. The molecule has 0 atom stereocenters. The minimum atomic E-state index is -0.251. The van der Waals surface area contributed by atoms with E-state index >= 15 is 0 Å². The van der Waals surface area contributed by atoms with Gasteiger partial charge in [-0.3, -0.25) is 4.79 Å².